The van der Waals surface area contributed by atoms with Gasteiger partial charge in [0.25, 0.3) is 0 Å². The predicted molar refractivity (Wildman–Crippen MR) is 52.3 cm³/mol. The minimum absolute atomic E-state index is 0.570. The maximum Gasteiger partial charge on any atom is 0.147 e. The summed E-state index contributed by atoms with van der Waals surface area (Å²) in [4.78, 5) is 1.09. The Hall–Kier alpha value is -0.550. The van der Waals surface area contributed by atoms with E-state index in [1.165, 1.54) is 0 Å². The molecule has 0 bridgehead atoms. The van der Waals surface area contributed by atoms with Gasteiger partial charge in [-0.05, 0) is 24.0 Å². The van der Waals surface area contributed by atoms with Gasteiger partial charge in [0, 0.05) is 4.90 Å². The van der Waals surface area contributed by atoms with Crippen molar-refractivity contribution in [2.75, 3.05) is 6.26 Å². The smallest absolute Gasteiger partial charge is 0.147 e. The first kappa shape index (κ1) is 10.5. The molecule has 3 N–H and O–H groups in total. The van der Waals surface area contributed by atoms with Gasteiger partial charge in [0.15, 0.2) is 0 Å². The Labute approximate surface area is 81.6 Å². The van der Waals surface area contributed by atoms with Gasteiger partial charge in [0.1, 0.15) is 12.3 Å². The Morgan fingerprint density at radius 3 is 2.15 bits per heavy atom. The summed E-state index contributed by atoms with van der Waals surface area (Å²) in [7, 11) is 0. The van der Waals surface area contributed by atoms with Crippen molar-refractivity contribution in [1.29, 1.82) is 0 Å². The molecule has 1 radical (unpaired) electrons. The molecule has 13 heavy (non-hydrogen) atoms. The first-order valence-electron chi connectivity index (χ1n) is 3.86. The van der Waals surface area contributed by atoms with Gasteiger partial charge < -0.3 is 10.2 Å². The maximum absolute atomic E-state index is 9.32. The molecule has 0 saturated heterocycles. The minimum atomic E-state index is -1.47. The highest BCUT2D eigenvalue weighted by Gasteiger charge is 2.13. The standard InChI is InChI=1S/C9H12NO2S/c1-13-7-4-2-6(3-5-7)8(11)9(10)12/h2-5,8-12H,1H3. The highest BCUT2D eigenvalue weighted by molar-refractivity contribution is 7.98. The lowest BCUT2D eigenvalue weighted by molar-refractivity contribution is 0.0178. The van der Waals surface area contributed by atoms with Crippen LogP contribution >= 0.6 is 11.8 Å². The van der Waals surface area contributed by atoms with Gasteiger partial charge in [0.2, 0.25) is 0 Å². The summed E-state index contributed by atoms with van der Waals surface area (Å²) in [5.41, 5.74) is 7.49. The fourth-order valence-electron chi connectivity index (χ4n) is 0.983. The van der Waals surface area contributed by atoms with Gasteiger partial charge in [-0.25, -0.2) is 5.73 Å². The Balaban J connectivity index is 2.79. The van der Waals surface area contributed by atoms with Crippen molar-refractivity contribution in [1.82, 2.24) is 5.73 Å². The molecule has 0 aliphatic rings. The summed E-state index contributed by atoms with van der Waals surface area (Å²) in [5, 5.41) is 18.1. The molecule has 0 fully saturated rings. The Bertz CT molecular complexity index is 261. The third-order valence-corrected chi connectivity index (χ3v) is 2.50. The second-order valence-corrected chi connectivity index (χ2v) is 3.54. The molecule has 0 aliphatic heterocycles. The van der Waals surface area contributed by atoms with Crippen molar-refractivity contribution in [3.8, 4) is 0 Å². The first-order chi connectivity index (χ1) is 6.15. The number of benzene rings is 1. The van der Waals surface area contributed by atoms with E-state index in [1.807, 2.05) is 18.4 Å². The van der Waals surface area contributed by atoms with Crippen LogP contribution in [0.4, 0.5) is 0 Å². The Kier molecular flexibility index (Phi) is 3.74. The van der Waals surface area contributed by atoms with Crippen LogP contribution in [0.5, 0.6) is 0 Å². The average Bonchev–Trinajstić information content (AvgIpc) is 2.17. The normalized spacial score (nSPS) is 15.4. The van der Waals surface area contributed by atoms with Crippen molar-refractivity contribution < 1.29 is 10.2 Å². The van der Waals surface area contributed by atoms with Gasteiger partial charge in [-0.15, -0.1) is 11.8 Å². The molecule has 0 saturated carbocycles. The van der Waals surface area contributed by atoms with Gasteiger partial charge in [0.05, 0.1) is 0 Å². The molecule has 71 valence electrons. The zero-order valence-corrected chi connectivity index (χ0v) is 8.08. The van der Waals surface area contributed by atoms with Crippen LogP contribution in [-0.4, -0.2) is 22.7 Å². The first-order valence-corrected chi connectivity index (χ1v) is 5.09. The van der Waals surface area contributed by atoms with Crippen molar-refractivity contribution >= 4 is 11.8 Å². The summed E-state index contributed by atoms with van der Waals surface area (Å²) in [5.74, 6) is 0. The molecule has 0 heterocycles. The number of rotatable bonds is 3. The summed E-state index contributed by atoms with van der Waals surface area (Å²) in [6.45, 7) is 0. The third-order valence-electron chi connectivity index (χ3n) is 1.76. The Morgan fingerprint density at radius 1 is 1.23 bits per heavy atom. The SMILES string of the molecule is CSc1ccc(C(O)C([NH])O)cc1. The zero-order valence-electron chi connectivity index (χ0n) is 7.27. The fraction of sp³-hybridized carbons (Fsp3) is 0.333. The molecule has 4 heteroatoms. The monoisotopic (exact) mass is 198 g/mol. The van der Waals surface area contributed by atoms with Crippen LogP contribution in [0, 0.1) is 0 Å². The topological polar surface area (TPSA) is 64.3 Å². The van der Waals surface area contributed by atoms with Crippen molar-refractivity contribution in [3.63, 3.8) is 0 Å². The second-order valence-electron chi connectivity index (χ2n) is 2.66. The molecular weight excluding hydrogens is 186 g/mol. The average molecular weight is 198 g/mol. The highest BCUT2D eigenvalue weighted by Crippen LogP contribution is 2.20. The van der Waals surface area contributed by atoms with Crippen LogP contribution < -0.4 is 5.73 Å². The Morgan fingerprint density at radius 2 is 1.77 bits per heavy atom. The predicted octanol–water partition coefficient (Wildman–Crippen LogP) is 1.04. The summed E-state index contributed by atoms with van der Waals surface area (Å²) in [6.07, 6.45) is -0.624. The molecule has 0 aromatic heterocycles. The van der Waals surface area contributed by atoms with E-state index in [2.05, 4.69) is 0 Å². The lowest BCUT2D eigenvalue weighted by Crippen LogP contribution is -2.18. The van der Waals surface area contributed by atoms with Crippen LogP contribution in [0.1, 0.15) is 11.7 Å². The van der Waals surface area contributed by atoms with Gasteiger partial charge in [-0.2, -0.15) is 0 Å². The van der Waals surface area contributed by atoms with Crippen LogP contribution in [-0.2, 0) is 0 Å². The quantitative estimate of drug-likeness (QED) is 0.713. The fourth-order valence-corrected chi connectivity index (χ4v) is 1.39. The lowest BCUT2D eigenvalue weighted by atomic mass is 10.1. The van der Waals surface area contributed by atoms with Crippen molar-refractivity contribution in [2.45, 2.75) is 17.2 Å². The molecule has 0 aliphatic carbocycles. The van der Waals surface area contributed by atoms with E-state index in [-0.39, 0.29) is 0 Å². The number of hydrogen-bond acceptors (Lipinski definition) is 3. The van der Waals surface area contributed by atoms with Crippen LogP contribution in [0.2, 0.25) is 0 Å². The molecule has 0 amide bonds. The molecular formula is C9H12NO2S. The van der Waals surface area contributed by atoms with E-state index in [9.17, 15) is 5.11 Å². The van der Waals surface area contributed by atoms with Crippen LogP contribution in [0.3, 0.4) is 0 Å². The van der Waals surface area contributed by atoms with E-state index in [1.54, 1.807) is 23.9 Å². The van der Waals surface area contributed by atoms with E-state index < -0.39 is 12.3 Å². The van der Waals surface area contributed by atoms with Gasteiger partial charge in [-0.3, -0.25) is 0 Å². The zero-order chi connectivity index (χ0) is 9.84. The minimum Gasteiger partial charge on any atom is -0.384 e. The summed E-state index contributed by atoms with van der Waals surface area (Å²) in [6, 6.07) is 7.14. The largest absolute Gasteiger partial charge is 0.384 e. The van der Waals surface area contributed by atoms with E-state index in [0.29, 0.717) is 5.56 Å². The lowest BCUT2D eigenvalue weighted by Gasteiger charge is -2.12. The second kappa shape index (κ2) is 4.62. The third kappa shape index (κ3) is 2.70. The molecule has 1 rings (SSSR count). The number of hydrogen-bond donors (Lipinski definition) is 2. The van der Waals surface area contributed by atoms with E-state index >= 15 is 0 Å². The van der Waals surface area contributed by atoms with Crippen LogP contribution in [0.25, 0.3) is 0 Å². The van der Waals surface area contributed by atoms with E-state index in [4.69, 9.17) is 10.8 Å². The number of nitrogens with one attached hydrogen (secondary N) is 1. The molecule has 2 unspecified atom stereocenters. The maximum atomic E-state index is 9.32. The number of thioether (sulfide) groups is 1. The van der Waals surface area contributed by atoms with Crippen molar-refractivity contribution in [2.24, 2.45) is 0 Å². The van der Waals surface area contributed by atoms with Crippen molar-refractivity contribution in [3.05, 3.63) is 29.8 Å². The highest BCUT2D eigenvalue weighted by atomic mass is 32.2. The molecule has 1 aromatic carbocycles. The molecule has 1 aromatic rings. The summed E-state index contributed by atoms with van der Waals surface area (Å²) >= 11 is 1.61. The molecule has 3 nitrogen and oxygen atoms in total. The van der Waals surface area contributed by atoms with Crippen LogP contribution in [0.15, 0.2) is 29.2 Å². The molecule has 0 spiro atoms. The van der Waals surface area contributed by atoms with Gasteiger partial charge >= 0.3 is 0 Å². The number of aliphatic hydroxyl groups is 2. The number of aliphatic hydroxyl groups excluding tert-OH is 2. The summed E-state index contributed by atoms with van der Waals surface area (Å²) < 4.78 is 0. The molecule has 2 atom stereocenters. The van der Waals surface area contributed by atoms with E-state index in [0.717, 1.165) is 4.90 Å². The van der Waals surface area contributed by atoms with Gasteiger partial charge in [-0.1, -0.05) is 12.1 Å².